The zero-order valence-electron chi connectivity index (χ0n) is 8.24. The fraction of sp³-hybridized carbons (Fsp3) is 0.250. The van der Waals surface area contributed by atoms with Gasteiger partial charge in [0, 0.05) is 16.2 Å². The van der Waals surface area contributed by atoms with Gasteiger partial charge in [0.05, 0.1) is 13.4 Å². The third-order valence-corrected chi connectivity index (χ3v) is 2.78. The number of hydrogen-bond acceptors (Lipinski definition) is 4. The van der Waals surface area contributed by atoms with Gasteiger partial charge in [-0.3, -0.25) is 4.72 Å². The SMILES string of the molecule is COc1cc(N)cc(Br)c1NS(C)(=O)=O. The first kappa shape index (κ1) is 12.1. The van der Waals surface area contributed by atoms with Gasteiger partial charge in [0.25, 0.3) is 0 Å². The highest BCUT2D eigenvalue weighted by molar-refractivity contribution is 9.10. The second-order valence-electron chi connectivity index (χ2n) is 2.95. The van der Waals surface area contributed by atoms with Crippen LogP contribution in [-0.2, 0) is 10.0 Å². The number of methoxy groups -OCH3 is 1. The Labute approximate surface area is 96.8 Å². The van der Waals surface area contributed by atoms with Crippen LogP contribution in [-0.4, -0.2) is 21.8 Å². The van der Waals surface area contributed by atoms with Gasteiger partial charge in [-0.1, -0.05) is 0 Å². The lowest BCUT2D eigenvalue weighted by Gasteiger charge is -2.12. The Balaban J connectivity index is 3.27. The number of anilines is 2. The van der Waals surface area contributed by atoms with Crippen LogP contribution in [0.3, 0.4) is 0 Å². The molecule has 0 amide bonds. The zero-order valence-corrected chi connectivity index (χ0v) is 10.6. The van der Waals surface area contributed by atoms with Gasteiger partial charge in [-0.05, 0) is 22.0 Å². The molecule has 1 rings (SSSR count). The van der Waals surface area contributed by atoms with Gasteiger partial charge in [0.2, 0.25) is 10.0 Å². The standard InChI is InChI=1S/C8H11BrN2O3S/c1-14-7-4-5(10)3-6(9)8(7)11-15(2,12)13/h3-4,11H,10H2,1-2H3. The fourth-order valence-electron chi connectivity index (χ4n) is 1.05. The molecule has 3 N–H and O–H groups in total. The Morgan fingerprint density at radius 1 is 1.47 bits per heavy atom. The summed E-state index contributed by atoms with van der Waals surface area (Å²) in [7, 11) is -1.91. The Morgan fingerprint density at radius 2 is 2.07 bits per heavy atom. The summed E-state index contributed by atoms with van der Waals surface area (Å²) in [6, 6.07) is 3.13. The number of nitrogens with two attached hydrogens (primary N) is 1. The molecular weight excluding hydrogens is 284 g/mol. The minimum absolute atomic E-state index is 0.342. The van der Waals surface area contributed by atoms with E-state index >= 15 is 0 Å². The van der Waals surface area contributed by atoms with Gasteiger partial charge in [-0.2, -0.15) is 0 Å². The van der Waals surface area contributed by atoms with Crippen LogP contribution in [0.4, 0.5) is 11.4 Å². The van der Waals surface area contributed by atoms with Crippen LogP contribution in [0.15, 0.2) is 16.6 Å². The number of nitrogens with one attached hydrogen (secondary N) is 1. The molecule has 0 aromatic heterocycles. The van der Waals surface area contributed by atoms with Crippen LogP contribution >= 0.6 is 15.9 Å². The van der Waals surface area contributed by atoms with Gasteiger partial charge in [0.15, 0.2) is 0 Å². The number of halogens is 1. The van der Waals surface area contributed by atoms with E-state index in [1.807, 2.05) is 0 Å². The molecule has 0 saturated carbocycles. The molecule has 0 spiro atoms. The minimum atomic E-state index is -3.35. The summed E-state index contributed by atoms with van der Waals surface area (Å²) in [5, 5.41) is 0. The molecule has 84 valence electrons. The Kier molecular flexibility index (Phi) is 3.46. The van der Waals surface area contributed by atoms with Crippen molar-refractivity contribution in [3.05, 3.63) is 16.6 Å². The summed E-state index contributed by atoms with van der Waals surface area (Å²) in [6.07, 6.45) is 1.06. The van der Waals surface area contributed by atoms with Gasteiger partial charge >= 0.3 is 0 Å². The van der Waals surface area contributed by atoms with E-state index in [4.69, 9.17) is 10.5 Å². The van der Waals surface area contributed by atoms with E-state index in [-0.39, 0.29) is 0 Å². The first-order chi connectivity index (χ1) is 6.83. The van der Waals surface area contributed by atoms with Crippen molar-refractivity contribution in [3.8, 4) is 5.75 Å². The molecule has 1 aromatic rings. The average Bonchev–Trinajstić information content (AvgIpc) is 2.07. The van der Waals surface area contributed by atoms with Gasteiger partial charge in [-0.25, -0.2) is 8.42 Å². The Bertz CT molecular complexity index is 473. The van der Waals surface area contributed by atoms with Gasteiger partial charge in [0.1, 0.15) is 11.4 Å². The monoisotopic (exact) mass is 294 g/mol. The van der Waals surface area contributed by atoms with E-state index in [0.29, 0.717) is 21.6 Å². The van der Waals surface area contributed by atoms with E-state index in [1.165, 1.54) is 13.2 Å². The molecule has 0 bridgehead atoms. The summed E-state index contributed by atoms with van der Waals surface area (Å²) in [4.78, 5) is 0. The normalized spacial score (nSPS) is 11.1. The van der Waals surface area contributed by atoms with E-state index in [9.17, 15) is 8.42 Å². The number of sulfonamides is 1. The summed E-state index contributed by atoms with van der Waals surface area (Å²) in [5.41, 5.74) is 6.41. The van der Waals surface area contributed by atoms with E-state index in [0.717, 1.165) is 6.26 Å². The van der Waals surface area contributed by atoms with E-state index in [1.54, 1.807) is 6.07 Å². The first-order valence-electron chi connectivity index (χ1n) is 3.94. The molecule has 7 heteroatoms. The molecule has 0 aliphatic rings. The summed E-state index contributed by atoms with van der Waals surface area (Å²) in [6.45, 7) is 0. The highest BCUT2D eigenvalue weighted by Crippen LogP contribution is 2.35. The van der Waals surface area contributed by atoms with Crippen molar-refractivity contribution >= 4 is 37.3 Å². The largest absolute Gasteiger partial charge is 0.494 e. The van der Waals surface area contributed by atoms with Crippen LogP contribution < -0.4 is 15.2 Å². The van der Waals surface area contributed by atoms with Crippen LogP contribution in [0.25, 0.3) is 0 Å². The zero-order chi connectivity index (χ0) is 11.6. The molecular formula is C8H11BrN2O3S. The molecule has 0 heterocycles. The van der Waals surface area contributed by atoms with Crippen LogP contribution in [0.1, 0.15) is 0 Å². The molecule has 1 aromatic carbocycles. The molecule has 15 heavy (non-hydrogen) atoms. The van der Waals surface area contributed by atoms with Gasteiger partial charge < -0.3 is 10.5 Å². The lowest BCUT2D eigenvalue weighted by molar-refractivity contribution is 0.417. The first-order valence-corrected chi connectivity index (χ1v) is 6.62. The predicted molar refractivity (Wildman–Crippen MR) is 63.6 cm³/mol. The Morgan fingerprint density at radius 3 is 2.53 bits per heavy atom. The molecule has 0 unspecified atom stereocenters. The quantitative estimate of drug-likeness (QED) is 0.826. The predicted octanol–water partition coefficient (Wildman–Crippen LogP) is 1.41. The van der Waals surface area contributed by atoms with Crippen molar-refractivity contribution in [2.45, 2.75) is 0 Å². The summed E-state index contributed by atoms with van der Waals surface area (Å²) in [5.74, 6) is 0.368. The molecule has 0 aliphatic carbocycles. The topological polar surface area (TPSA) is 81.4 Å². The lowest BCUT2D eigenvalue weighted by Crippen LogP contribution is -2.11. The van der Waals surface area contributed by atoms with Crippen molar-refractivity contribution in [1.82, 2.24) is 0 Å². The third-order valence-electron chi connectivity index (χ3n) is 1.58. The number of hydrogen-bond donors (Lipinski definition) is 2. The highest BCUT2D eigenvalue weighted by Gasteiger charge is 2.12. The maximum absolute atomic E-state index is 11.1. The van der Waals surface area contributed by atoms with E-state index in [2.05, 4.69) is 20.7 Å². The molecule has 0 radical (unpaired) electrons. The van der Waals surface area contributed by atoms with Crippen molar-refractivity contribution in [2.75, 3.05) is 23.8 Å². The number of rotatable bonds is 3. The Hall–Kier alpha value is -0.950. The van der Waals surface area contributed by atoms with Crippen LogP contribution in [0.5, 0.6) is 5.75 Å². The van der Waals surface area contributed by atoms with Crippen molar-refractivity contribution in [3.63, 3.8) is 0 Å². The second kappa shape index (κ2) is 4.28. The number of nitrogen functional groups attached to an aromatic ring is 1. The smallest absolute Gasteiger partial charge is 0.229 e. The molecule has 0 aliphatic heterocycles. The summed E-state index contributed by atoms with van der Waals surface area (Å²) >= 11 is 3.20. The van der Waals surface area contributed by atoms with Gasteiger partial charge in [-0.15, -0.1) is 0 Å². The lowest BCUT2D eigenvalue weighted by atomic mass is 10.2. The molecule has 5 nitrogen and oxygen atoms in total. The number of ether oxygens (including phenoxy) is 1. The van der Waals surface area contributed by atoms with Crippen LogP contribution in [0.2, 0.25) is 0 Å². The van der Waals surface area contributed by atoms with Crippen molar-refractivity contribution in [2.24, 2.45) is 0 Å². The van der Waals surface area contributed by atoms with Crippen molar-refractivity contribution < 1.29 is 13.2 Å². The fourth-order valence-corrected chi connectivity index (χ4v) is 2.32. The molecule has 0 fully saturated rings. The highest BCUT2D eigenvalue weighted by atomic mass is 79.9. The van der Waals surface area contributed by atoms with Crippen LogP contribution in [0, 0.1) is 0 Å². The molecule has 0 atom stereocenters. The number of benzene rings is 1. The third kappa shape index (κ3) is 3.28. The maximum atomic E-state index is 11.1. The summed E-state index contributed by atoms with van der Waals surface area (Å²) < 4.78 is 30.1. The van der Waals surface area contributed by atoms with E-state index < -0.39 is 10.0 Å². The molecule has 0 saturated heterocycles. The minimum Gasteiger partial charge on any atom is -0.494 e. The van der Waals surface area contributed by atoms with Crippen molar-refractivity contribution in [1.29, 1.82) is 0 Å². The maximum Gasteiger partial charge on any atom is 0.229 e. The second-order valence-corrected chi connectivity index (χ2v) is 5.56. The average molecular weight is 295 g/mol.